The van der Waals surface area contributed by atoms with Gasteiger partial charge in [-0.05, 0) is 49.2 Å². The molecule has 0 bridgehead atoms. The zero-order chi connectivity index (χ0) is 20.1. The van der Waals surface area contributed by atoms with Gasteiger partial charge in [0, 0.05) is 32.0 Å². The topological polar surface area (TPSA) is 82.6 Å². The molecule has 0 radical (unpaired) electrons. The van der Waals surface area contributed by atoms with Crippen LogP contribution in [0.4, 0.5) is 15.9 Å². The molecule has 2 heterocycles. The Morgan fingerprint density at radius 3 is 2.43 bits per heavy atom. The minimum atomic E-state index is -3.53. The van der Waals surface area contributed by atoms with Crippen molar-refractivity contribution in [1.82, 2.24) is 9.29 Å². The number of halogens is 1. The molecule has 0 spiro atoms. The molecule has 1 N–H and O–H groups in total. The number of anilines is 2. The number of sulfonamides is 1. The zero-order valence-electron chi connectivity index (χ0n) is 15.6. The van der Waals surface area contributed by atoms with Crippen LogP contribution >= 0.6 is 0 Å². The van der Waals surface area contributed by atoms with E-state index in [1.165, 1.54) is 40.8 Å². The van der Waals surface area contributed by atoms with E-state index in [1.54, 1.807) is 18.0 Å². The summed E-state index contributed by atoms with van der Waals surface area (Å²) in [5.74, 6) is -0.188. The molecule has 7 nitrogen and oxygen atoms in total. The average Bonchev–Trinajstić information content (AvgIpc) is 2.70. The molecule has 0 unspecified atom stereocenters. The number of hydrogen-bond acceptors (Lipinski definition) is 5. The van der Waals surface area contributed by atoms with Crippen molar-refractivity contribution in [2.75, 3.05) is 36.9 Å². The Morgan fingerprint density at radius 1 is 1.14 bits per heavy atom. The van der Waals surface area contributed by atoms with Gasteiger partial charge < -0.3 is 10.2 Å². The minimum absolute atomic E-state index is 0.0165. The Kier molecular flexibility index (Phi) is 6.25. The fourth-order valence-electron chi connectivity index (χ4n) is 3.04. The highest BCUT2D eigenvalue weighted by atomic mass is 32.2. The second kappa shape index (κ2) is 8.66. The van der Waals surface area contributed by atoms with E-state index < -0.39 is 10.0 Å². The highest BCUT2D eigenvalue weighted by Crippen LogP contribution is 2.21. The smallest absolute Gasteiger partial charge is 0.244 e. The quantitative estimate of drug-likeness (QED) is 0.797. The van der Waals surface area contributed by atoms with Crippen molar-refractivity contribution in [3.05, 3.63) is 48.4 Å². The van der Waals surface area contributed by atoms with Gasteiger partial charge in [0.25, 0.3) is 0 Å². The molecule has 1 amide bonds. The third-order valence-electron chi connectivity index (χ3n) is 4.57. The van der Waals surface area contributed by atoms with Crippen LogP contribution < -0.4 is 10.2 Å². The van der Waals surface area contributed by atoms with Gasteiger partial charge in [0.2, 0.25) is 15.9 Å². The van der Waals surface area contributed by atoms with E-state index in [1.807, 2.05) is 0 Å². The molecule has 1 aromatic heterocycles. The van der Waals surface area contributed by atoms with E-state index in [0.29, 0.717) is 24.6 Å². The van der Waals surface area contributed by atoms with Crippen LogP contribution in [0.2, 0.25) is 0 Å². The molecule has 1 aliphatic heterocycles. The van der Waals surface area contributed by atoms with Gasteiger partial charge in [-0.1, -0.05) is 6.42 Å². The summed E-state index contributed by atoms with van der Waals surface area (Å²) in [7, 11) is -1.84. The Balaban J connectivity index is 1.62. The monoisotopic (exact) mass is 406 g/mol. The largest absolute Gasteiger partial charge is 0.350 e. The van der Waals surface area contributed by atoms with E-state index in [4.69, 9.17) is 0 Å². The van der Waals surface area contributed by atoms with Crippen LogP contribution in [0.15, 0.2) is 47.5 Å². The fourth-order valence-corrected chi connectivity index (χ4v) is 4.50. The van der Waals surface area contributed by atoms with E-state index >= 15 is 0 Å². The summed E-state index contributed by atoms with van der Waals surface area (Å²) in [4.78, 5) is 18.1. The average molecular weight is 406 g/mol. The summed E-state index contributed by atoms with van der Waals surface area (Å²) in [6.45, 7) is 1.09. The molecule has 0 aliphatic carbocycles. The summed E-state index contributed by atoms with van der Waals surface area (Å²) in [6, 6.07) is 8.59. The van der Waals surface area contributed by atoms with Gasteiger partial charge in [-0.3, -0.25) is 4.79 Å². The van der Waals surface area contributed by atoms with Crippen molar-refractivity contribution in [3.63, 3.8) is 0 Å². The molecule has 1 aromatic carbocycles. The molecule has 0 atom stereocenters. The van der Waals surface area contributed by atoms with Gasteiger partial charge in [0.05, 0.1) is 6.54 Å². The van der Waals surface area contributed by atoms with Crippen LogP contribution in [-0.4, -0.2) is 50.3 Å². The summed E-state index contributed by atoms with van der Waals surface area (Å²) in [5, 5.41) is 2.67. The molecule has 3 rings (SSSR count). The van der Waals surface area contributed by atoms with Gasteiger partial charge in [0.15, 0.2) is 0 Å². The highest BCUT2D eigenvalue weighted by Gasteiger charge is 2.26. The lowest BCUT2D eigenvalue weighted by Crippen LogP contribution is -2.35. The van der Waals surface area contributed by atoms with Crippen molar-refractivity contribution < 1.29 is 17.6 Å². The number of hydrogen-bond donors (Lipinski definition) is 1. The van der Waals surface area contributed by atoms with Crippen molar-refractivity contribution >= 4 is 27.4 Å². The fraction of sp³-hybridized carbons (Fsp3) is 0.368. The number of nitrogens with one attached hydrogen (secondary N) is 1. The van der Waals surface area contributed by atoms with Crippen molar-refractivity contribution in [3.8, 4) is 0 Å². The lowest BCUT2D eigenvalue weighted by molar-refractivity contribution is -0.114. The predicted molar refractivity (Wildman–Crippen MR) is 105 cm³/mol. The van der Waals surface area contributed by atoms with Crippen LogP contribution in [0.25, 0.3) is 0 Å². The van der Waals surface area contributed by atoms with Crippen LogP contribution in [0.5, 0.6) is 0 Å². The summed E-state index contributed by atoms with van der Waals surface area (Å²) in [5.41, 5.74) is 0.496. The summed E-state index contributed by atoms with van der Waals surface area (Å²) in [6.07, 6.45) is 4.12. The number of carbonyl (C=O) groups excluding carboxylic acids is 1. The standard InChI is InChI=1S/C19H23FN4O3S/c1-23(14-19(25)22-16-7-5-15(20)6-8-16)18-10-9-17(13-21-18)28(26,27)24-11-3-2-4-12-24/h5-10,13H,2-4,11-12,14H2,1H3,(H,22,25). The number of benzene rings is 1. The second-order valence-corrected chi connectivity index (χ2v) is 8.67. The number of carbonyl (C=O) groups is 1. The first-order valence-corrected chi connectivity index (χ1v) is 10.5. The normalized spacial score (nSPS) is 15.2. The highest BCUT2D eigenvalue weighted by molar-refractivity contribution is 7.89. The van der Waals surface area contributed by atoms with E-state index in [9.17, 15) is 17.6 Å². The van der Waals surface area contributed by atoms with Crippen LogP contribution in [-0.2, 0) is 14.8 Å². The SMILES string of the molecule is CN(CC(=O)Nc1ccc(F)cc1)c1ccc(S(=O)(=O)N2CCCCC2)cn1. The van der Waals surface area contributed by atoms with Crippen molar-refractivity contribution in [1.29, 1.82) is 0 Å². The number of piperidine rings is 1. The molecule has 0 saturated carbocycles. The van der Waals surface area contributed by atoms with E-state index in [0.717, 1.165) is 19.3 Å². The maximum Gasteiger partial charge on any atom is 0.244 e. The molecule has 1 fully saturated rings. The maximum atomic E-state index is 12.9. The predicted octanol–water partition coefficient (Wildman–Crippen LogP) is 2.47. The van der Waals surface area contributed by atoms with Crippen molar-refractivity contribution in [2.24, 2.45) is 0 Å². The third-order valence-corrected chi connectivity index (χ3v) is 6.46. The number of nitrogens with zero attached hydrogens (tertiary/aromatic N) is 3. The van der Waals surface area contributed by atoms with Gasteiger partial charge in [-0.15, -0.1) is 0 Å². The lowest BCUT2D eigenvalue weighted by atomic mass is 10.2. The first-order chi connectivity index (χ1) is 13.4. The molecule has 1 aliphatic rings. The number of rotatable bonds is 6. The number of aromatic nitrogens is 1. The molecule has 150 valence electrons. The van der Waals surface area contributed by atoms with Crippen LogP contribution in [0.1, 0.15) is 19.3 Å². The van der Waals surface area contributed by atoms with Gasteiger partial charge >= 0.3 is 0 Å². The molecule has 2 aromatic rings. The second-order valence-electron chi connectivity index (χ2n) is 6.73. The van der Waals surface area contributed by atoms with Gasteiger partial charge in [0.1, 0.15) is 16.5 Å². The molecule has 1 saturated heterocycles. The van der Waals surface area contributed by atoms with Gasteiger partial charge in [-0.2, -0.15) is 4.31 Å². The van der Waals surface area contributed by atoms with Gasteiger partial charge in [-0.25, -0.2) is 17.8 Å². The van der Waals surface area contributed by atoms with E-state index in [2.05, 4.69) is 10.3 Å². The Morgan fingerprint density at radius 2 is 1.82 bits per heavy atom. The lowest BCUT2D eigenvalue weighted by Gasteiger charge is -2.26. The number of pyridine rings is 1. The molecular weight excluding hydrogens is 383 g/mol. The molecular formula is C19H23FN4O3S. The number of likely N-dealkylation sites (N-methyl/N-ethyl adjacent to an activating group) is 1. The Bertz CT molecular complexity index is 911. The maximum absolute atomic E-state index is 12.9. The Labute approximate surface area is 164 Å². The zero-order valence-corrected chi connectivity index (χ0v) is 16.5. The summed E-state index contributed by atoms with van der Waals surface area (Å²) >= 11 is 0. The minimum Gasteiger partial charge on any atom is -0.350 e. The molecule has 28 heavy (non-hydrogen) atoms. The van der Waals surface area contributed by atoms with Crippen molar-refractivity contribution in [2.45, 2.75) is 24.2 Å². The summed E-state index contributed by atoms with van der Waals surface area (Å²) < 4.78 is 39.7. The van der Waals surface area contributed by atoms with Crippen LogP contribution in [0.3, 0.4) is 0 Å². The molecule has 9 heteroatoms. The van der Waals surface area contributed by atoms with E-state index in [-0.39, 0.29) is 23.2 Å². The first kappa shape index (κ1) is 20.2. The Hall–Kier alpha value is -2.52. The number of amides is 1. The van der Waals surface area contributed by atoms with Crippen LogP contribution in [0, 0.1) is 5.82 Å². The first-order valence-electron chi connectivity index (χ1n) is 9.09. The third kappa shape index (κ3) is 4.85.